The van der Waals surface area contributed by atoms with Crippen LogP contribution in [-0.2, 0) is 33.0 Å². The van der Waals surface area contributed by atoms with Crippen molar-refractivity contribution in [3.05, 3.63) is 37.0 Å². The molecule has 1 rings (SSSR count). The summed E-state index contributed by atoms with van der Waals surface area (Å²) in [5, 5.41) is 0.535. The fourth-order valence-electron chi connectivity index (χ4n) is 4.03. The minimum absolute atomic E-state index is 0.0490. The zero-order chi connectivity index (χ0) is 27.1. The van der Waals surface area contributed by atoms with Crippen molar-refractivity contribution in [2.45, 2.75) is 70.2 Å². The number of halogens is 1. The Morgan fingerprint density at radius 2 is 1.46 bits per heavy atom. The SMILES string of the molecule is C=C[C@@]1(O[Si](C)(C)C(C)(C)C)C[C@@]1(C/C=C/CC(C/C=C/CBr)(C(=O)OC)C(=O)OC)C(=O)OC. The van der Waals surface area contributed by atoms with Crippen molar-refractivity contribution < 1.29 is 33.0 Å². The number of hydrogen-bond donors (Lipinski definition) is 0. The van der Waals surface area contributed by atoms with E-state index in [9.17, 15) is 14.4 Å². The van der Waals surface area contributed by atoms with Crippen LogP contribution in [0.3, 0.4) is 0 Å². The number of esters is 3. The van der Waals surface area contributed by atoms with E-state index in [-0.39, 0.29) is 23.8 Å². The van der Waals surface area contributed by atoms with E-state index >= 15 is 0 Å². The smallest absolute Gasteiger partial charge is 0.323 e. The molecule has 0 unspecified atom stereocenters. The molecular weight excluding hydrogens is 532 g/mol. The highest BCUT2D eigenvalue weighted by molar-refractivity contribution is 9.09. The molecule has 0 heterocycles. The second kappa shape index (κ2) is 12.0. The molecule has 0 aromatic carbocycles. The number of hydrogen-bond acceptors (Lipinski definition) is 7. The summed E-state index contributed by atoms with van der Waals surface area (Å²) < 4.78 is 21.8. The average Bonchev–Trinajstić information content (AvgIpc) is 3.45. The number of methoxy groups -OCH3 is 3. The monoisotopic (exact) mass is 572 g/mol. The first-order chi connectivity index (χ1) is 16.2. The third-order valence-corrected chi connectivity index (χ3v) is 12.2. The van der Waals surface area contributed by atoms with Crippen LogP contribution < -0.4 is 0 Å². The van der Waals surface area contributed by atoms with E-state index in [1.165, 1.54) is 21.3 Å². The summed E-state index contributed by atoms with van der Waals surface area (Å²) in [5.41, 5.74) is -3.26. The molecule has 35 heavy (non-hydrogen) atoms. The van der Waals surface area contributed by atoms with E-state index in [1.807, 2.05) is 0 Å². The average molecular weight is 574 g/mol. The molecule has 0 amide bonds. The number of ether oxygens (including phenoxy) is 3. The standard InChI is InChI=1S/C26H41BrO7Si/c1-10-26(34-35(8,9)23(2,3)4)19-25(26,22(30)33-7)17-12-11-15-24(20(28)31-5,21(29)32-6)16-13-14-18-27/h10-14H,1,15-19H2,2-9H3/b12-11+,14-13+/t25-,26+/m0/s1. The molecule has 0 aliphatic heterocycles. The minimum atomic E-state index is -2.22. The molecule has 0 radical (unpaired) electrons. The van der Waals surface area contributed by atoms with E-state index in [4.69, 9.17) is 18.6 Å². The fourth-order valence-corrected chi connectivity index (χ4v) is 5.86. The quantitative estimate of drug-likeness (QED) is 0.0718. The van der Waals surface area contributed by atoms with Crippen LogP contribution in [0, 0.1) is 10.8 Å². The fraction of sp³-hybridized carbons (Fsp3) is 0.654. The topological polar surface area (TPSA) is 88.1 Å². The Bertz CT molecular complexity index is 842. The summed E-state index contributed by atoms with van der Waals surface area (Å²) in [5.74, 6) is -1.72. The molecule has 0 bridgehead atoms. The summed E-state index contributed by atoms with van der Waals surface area (Å²) in [6.07, 6.45) is 9.73. The Hall–Kier alpha value is -1.71. The van der Waals surface area contributed by atoms with Crippen molar-refractivity contribution in [2.75, 3.05) is 26.7 Å². The van der Waals surface area contributed by atoms with Crippen LogP contribution in [0.25, 0.3) is 0 Å². The van der Waals surface area contributed by atoms with E-state index in [0.717, 1.165) is 0 Å². The highest BCUT2D eigenvalue weighted by Gasteiger charge is 2.73. The molecule has 198 valence electrons. The molecule has 0 aromatic rings. The molecule has 1 aliphatic rings. The molecule has 0 aromatic heterocycles. The van der Waals surface area contributed by atoms with E-state index in [0.29, 0.717) is 18.2 Å². The van der Waals surface area contributed by atoms with Gasteiger partial charge in [0, 0.05) is 5.33 Å². The van der Waals surface area contributed by atoms with Gasteiger partial charge < -0.3 is 18.6 Å². The van der Waals surface area contributed by atoms with Gasteiger partial charge in [-0.25, -0.2) is 0 Å². The van der Waals surface area contributed by atoms with Gasteiger partial charge in [0.1, 0.15) is 5.41 Å². The van der Waals surface area contributed by atoms with Gasteiger partial charge in [0.2, 0.25) is 0 Å². The third kappa shape index (κ3) is 6.35. The zero-order valence-corrected chi connectivity index (χ0v) is 25.0. The lowest BCUT2D eigenvalue weighted by atomic mass is 9.80. The Morgan fingerprint density at radius 1 is 0.943 bits per heavy atom. The first-order valence-electron chi connectivity index (χ1n) is 11.6. The molecule has 0 spiro atoms. The maximum atomic E-state index is 13.0. The van der Waals surface area contributed by atoms with Gasteiger partial charge in [0.25, 0.3) is 0 Å². The summed E-state index contributed by atoms with van der Waals surface area (Å²) in [6, 6.07) is 0. The molecule has 1 aliphatic carbocycles. The van der Waals surface area contributed by atoms with Gasteiger partial charge in [0.15, 0.2) is 13.7 Å². The molecule has 0 saturated heterocycles. The van der Waals surface area contributed by atoms with Gasteiger partial charge in [-0.3, -0.25) is 14.4 Å². The largest absolute Gasteiger partial charge is 0.468 e. The second-order valence-corrected chi connectivity index (χ2v) is 15.9. The van der Waals surface area contributed by atoms with Crippen LogP contribution in [-0.4, -0.2) is 58.5 Å². The Balaban J connectivity index is 3.26. The van der Waals surface area contributed by atoms with Crippen LogP contribution in [0.1, 0.15) is 46.5 Å². The first-order valence-corrected chi connectivity index (χ1v) is 15.7. The summed E-state index contributed by atoms with van der Waals surface area (Å²) in [6.45, 7) is 14.7. The van der Waals surface area contributed by atoms with Gasteiger partial charge in [0.05, 0.1) is 26.9 Å². The van der Waals surface area contributed by atoms with Gasteiger partial charge in [-0.2, -0.15) is 0 Å². The van der Waals surface area contributed by atoms with Crippen molar-refractivity contribution in [3.63, 3.8) is 0 Å². The molecule has 7 nitrogen and oxygen atoms in total. The minimum Gasteiger partial charge on any atom is -0.468 e. The predicted molar refractivity (Wildman–Crippen MR) is 143 cm³/mol. The molecule has 0 N–H and O–H groups in total. The maximum Gasteiger partial charge on any atom is 0.323 e. The third-order valence-electron chi connectivity index (χ3n) is 7.37. The lowest BCUT2D eigenvalue weighted by molar-refractivity contribution is -0.168. The van der Waals surface area contributed by atoms with Gasteiger partial charge in [-0.15, -0.1) is 6.58 Å². The molecule has 1 saturated carbocycles. The van der Waals surface area contributed by atoms with Crippen molar-refractivity contribution in [2.24, 2.45) is 10.8 Å². The van der Waals surface area contributed by atoms with E-state index in [1.54, 1.807) is 30.4 Å². The molecule has 2 atom stereocenters. The zero-order valence-electron chi connectivity index (χ0n) is 22.4. The number of carbonyl (C=O) groups excluding carboxylic acids is 3. The molecule has 1 fully saturated rings. The summed E-state index contributed by atoms with van der Waals surface area (Å²) in [7, 11) is 1.63. The van der Waals surface area contributed by atoms with Crippen LogP contribution >= 0.6 is 15.9 Å². The van der Waals surface area contributed by atoms with Crippen molar-refractivity contribution in [3.8, 4) is 0 Å². The number of allylic oxidation sites excluding steroid dienone is 4. The van der Waals surface area contributed by atoms with Crippen molar-refractivity contribution >= 4 is 42.2 Å². The maximum absolute atomic E-state index is 13.0. The van der Waals surface area contributed by atoms with Crippen LogP contribution in [0.5, 0.6) is 0 Å². The van der Waals surface area contributed by atoms with E-state index in [2.05, 4.69) is 56.4 Å². The predicted octanol–water partition coefficient (Wildman–Crippen LogP) is 5.51. The molecular formula is C26H41BrO7Si. The number of carbonyl (C=O) groups is 3. The van der Waals surface area contributed by atoms with Crippen LogP contribution in [0.15, 0.2) is 37.0 Å². The van der Waals surface area contributed by atoms with Gasteiger partial charge in [-0.05, 0) is 43.8 Å². The number of alkyl halides is 1. The lowest BCUT2D eigenvalue weighted by Gasteiger charge is -2.40. The van der Waals surface area contributed by atoms with Crippen molar-refractivity contribution in [1.82, 2.24) is 0 Å². The van der Waals surface area contributed by atoms with Crippen LogP contribution in [0.2, 0.25) is 18.1 Å². The normalized spacial score (nSPS) is 22.8. The summed E-state index contributed by atoms with van der Waals surface area (Å²) in [4.78, 5) is 38.3. The summed E-state index contributed by atoms with van der Waals surface area (Å²) >= 11 is 3.29. The lowest BCUT2D eigenvalue weighted by Crippen LogP contribution is -2.46. The van der Waals surface area contributed by atoms with Crippen LogP contribution in [0.4, 0.5) is 0 Å². The second-order valence-electron chi connectivity index (χ2n) is 10.5. The number of rotatable bonds is 13. The van der Waals surface area contributed by atoms with Gasteiger partial charge >= 0.3 is 17.9 Å². The first kappa shape index (κ1) is 31.3. The van der Waals surface area contributed by atoms with E-state index < -0.39 is 36.7 Å². The van der Waals surface area contributed by atoms with Crippen molar-refractivity contribution in [1.29, 1.82) is 0 Å². The highest BCUT2D eigenvalue weighted by Crippen LogP contribution is 2.65. The van der Waals surface area contributed by atoms with Gasteiger partial charge in [-0.1, -0.05) is 67.1 Å². The Kier molecular flexibility index (Phi) is 10.8. The highest BCUT2D eigenvalue weighted by atomic mass is 79.9. The Labute approximate surface area is 219 Å². The molecule has 9 heteroatoms. The Morgan fingerprint density at radius 3 is 1.86 bits per heavy atom.